The van der Waals surface area contributed by atoms with Crippen LogP contribution in [0.15, 0.2) is 12.1 Å². The van der Waals surface area contributed by atoms with Gasteiger partial charge in [0.25, 0.3) is 5.69 Å². The quantitative estimate of drug-likeness (QED) is 0.642. The smallest absolute Gasteiger partial charge is 0.276 e. The summed E-state index contributed by atoms with van der Waals surface area (Å²) in [6.07, 6.45) is 3.39. The zero-order chi connectivity index (χ0) is 15.5. The molecule has 2 rings (SSSR count). The fraction of sp³-hybridized carbons (Fsp3) is 0.667. The van der Waals surface area contributed by atoms with Crippen LogP contribution >= 0.6 is 0 Å². The number of nitrogens with zero attached hydrogens (tertiary/aromatic N) is 3. The summed E-state index contributed by atoms with van der Waals surface area (Å²) in [6.45, 7) is 8.94. The molecule has 1 N–H and O–H groups in total. The van der Waals surface area contributed by atoms with Crippen LogP contribution in [0.25, 0.3) is 0 Å². The van der Waals surface area contributed by atoms with E-state index in [1.807, 2.05) is 6.92 Å². The first-order chi connectivity index (χ1) is 10.0. The van der Waals surface area contributed by atoms with E-state index in [9.17, 15) is 10.1 Å². The number of hydrogen-bond donors (Lipinski definition) is 1. The highest BCUT2D eigenvalue weighted by Gasteiger charge is 2.35. The van der Waals surface area contributed by atoms with Gasteiger partial charge in [-0.05, 0) is 31.6 Å². The molecule has 1 saturated heterocycles. The Balaban J connectivity index is 2.29. The predicted octanol–water partition coefficient (Wildman–Crippen LogP) is 3.44. The largest absolute Gasteiger partial charge is 0.370 e. The highest BCUT2D eigenvalue weighted by atomic mass is 16.6. The van der Waals surface area contributed by atoms with Crippen LogP contribution in [0.1, 0.15) is 40.0 Å². The molecule has 0 aliphatic carbocycles. The third kappa shape index (κ3) is 3.25. The molecular formula is C15H24N4O2. The van der Waals surface area contributed by atoms with E-state index in [1.165, 1.54) is 6.07 Å². The van der Waals surface area contributed by atoms with E-state index in [0.717, 1.165) is 32.4 Å². The van der Waals surface area contributed by atoms with Crippen molar-refractivity contribution >= 4 is 17.3 Å². The van der Waals surface area contributed by atoms with Crippen molar-refractivity contribution in [1.82, 2.24) is 4.98 Å². The fourth-order valence-corrected chi connectivity index (χ4v) is 3.00. The lowest BCUT2D eigenvalue weighted by Crippen LogP contribution is -2.27. The zero-order valence-corrected chi connectivity index (χ0v) is 13.1. The van der Waals surface area contributed by atoms with Gasteiger partial charge in [-0.1, -0.05) is 13.8 Å². The summed E-state index contributed by atoms with van der Waals surface area (Å²) >= 11 is 0. The van der Waals surface area contributed by atoms with Gasteiger partial charge in [0.2, 0.25) is 0 Å². The summed E-state index contributed by atoms with van der Waals surface area (Å²) in [6, 6.07) is 3.08. The molecule has 1 fully saturated rings. The minimum atomic E-state index is -0.352. The van der Waals surface area contributed by atoms with Gasteiger partial charge in [-0.25, -0.2) is 4.98 Å². The van der Waals surface area contributed by atoms with Crippen LogP contribution < -0.4 is 10.2 Å². The van der Waals surface area contributed by atoms with Gasteiger partial charge in [0.05, 0.1) is 17.1 Å². The fourth-order valence-electron chi connectivity index (χ4n) is 3.00. The Hall–Kier alpha value is -1.85. The van der Waals surface area contributed by atoms with Crippen molar-refractivity contribution in [2.75, 3.05) is 29.9 Å². The Morgan fingerprint density at radius 3 is 2.62 bits per heavy atom. The van der Waals surface area contributed by atoms with Gasteiger partial charge in [-0.3, -0.25) is 10.1 Å². The minimum Gasteiger partial charge on any atom is -0.370 e. The van der Waals surface area contributed by atoms with Crippen molar-refractivity contribution in [2.45, 2.75) is 40.0 Å². The molecule has 0 radical (unpaired) electrons. The first kappa shape index (κ1) is 15.5. The van der Waals surface area contributed by atoms with Crippen LogP contribution in [0.4, 0.5) is 17.3 Å². The average Bonchev–Trinajstić information content (AvgIpc) is 2.92. The van der Waals surface area contributed by atoms with E-state index < -0.39 is 0 Å². The lowest BCUT2D eigenvalue weighted by Gasteiger charge is -2.26. The minimum absolute atomic E-state index is 0.0986. The highest BCUT2D eigenvalue weighted by Crippen LogP contribution is 2.39. The summed E-state index contributed by atoms with van der Waals surface area (Å²) in [4.78, 5) is 17.5. The number of hydrogen-bond acceptors (Lipinski definition) is 5. The predicted molar refractivity (Wildman–Crippen MR) is 84.9 cm³/mol. The van der Waals surface area contributed by atoms with Crippen molar-refractivity contribution in [3.05, 3.63) is 22.2 Å². The maximum Gasteiger partial charge on any atom is 0.276 e. The van der Waals surface area contributed by atoms with Gasteiger partial charge in [0.1, 0.15) is 11.6 Å². The summed E-state index contributed by atoms with van der Waals surface area (Å²) in [5.41, 5.74) is 0.423. The van der Waals surface area contributed by atoms with E-state index in [1.54, 1.807) is 6.07 Å². The molecular weight excluding hydrogens is 268 g/mol. The maximum atomic E-state index is 11.1. The second-order valence-corrected chi connectivity index (χ2v) is 5.73. The standard InChI is InChI=1S/C15H24N4O2/c1-4-15(5-2)7-8-18(11-15)14-10-12(19(20)21)9-13(17-14)16-6-3/h9-10H,4-8,11H2,1-3H3,(H,16,17). The first-order valence-electron chi connectivity index (χ1n) is 7.69. The molecule has 6 nitrogen and oxygen atoms in total. The Morgan fingerprint density at radius 1 is 1.38 bits per heavy atom. The summed E-state index contributed by atoms with van der Waals surface area (Å²) in [5.74, 6) is 1.29. The van der Waals surface area contributed by atoms with E-state index in [0.29, 0.717) is 23.6 Å². The molecule has 0 amide bonds. The van der Waals surface area contributed by atoms with E-state index in [-0.39, 0.29) is 10.6 Å². The normalized spacial score (nSPS) is 17.0. The molecule has 0 saturated carbocycles. The summed E-state index contributed by atoms with van der Waals surface area (Å²) < 4.78 is 0. The number of aromatic nitrogens is 1. The van der Waals surface area contributed by atoms with Gasteiger partial charge in [0, 0.05) is 19.6 Å². The van der Waals surface area contributed by atoms with Crippen molar-refractivity contribution in [3.8, 4) is 0 Å². The van der Waals surface area contributed by atoms with Gasteiger partial charge in [-0.15, -0.1) is 0 Å². The average molecular weight is 292 g/mol. The molecule has 0 unspecified atom stereocenters. The topological polar surface area (TPSA) is 71.3 Å². The molecule has 0 bridgehead atoms. The Labute approximate surface area is 125 Å². The maximum absolute atomic E-state index is 11.1. The van der Waals surface area contributed by atoms with Gasteiger partial charge in [0.15, 0.2) is 0 Å². The Kier molecular flexibility index (Phi) is 4.65. The van der Waals surface area contributed by atoms with Gasteiger partial charge in [-0.2, -0.15) is 0 Å². The Bertz CT molecular complexity index is 514. The van der Waals surface area contributed by atoms with Crippen molar-refractivity contribution < 1.29 is 4.92 Å². The van der Waals surface area contributed by atoms with E-state index in [4.69, 9.17) is 0 Å². The monoisotopic (exact) mass is 292 g/mol. The van der Waals surface area contributed by atoms with Crippen LogP contribution in [-0.2, 0) is 0 Å². The van der Waals surface area contributed by atoms with E-state index in [2.05, 4.69) is 29.0 Å². The molecule has 1 aliphatic rings. The third-order valence-corrected chi connectivity index (χ3v) is 4.63. The second-order valence-electron chi connectivity index (χ2n) is 5.73. The number of anilines is 2. The lowest BCUT2D eigenvalue weighted by molar-refractivity contribution is -0.384. The Morgan fingerprint density at radius 2 is 2.10 bits per heavy atom. The molecule has 6 heteroatoms. The van der Waals surface area contributed by atoms with Gasteiger partial charge < -0.3 is 10.2 Å². The lowest BCUT2D eigenvalue weighted by atomic mass is 9.82. The van der Waals surface area contributed by atoms with Crippen LogP contribution in [-0.4, -0.2) is 29.5 Å². The first-order valence-corrected chi connectivity index (χ1v) is 7.69. The van der Waals surface area contributed by atoms with Crippen LogP contribution in [0.5, 0.6) is 0 Å². The molecule has 1 aromatic heterocycles. The molecule has 0 spiro atoms. The number of nitrogens with one attached hydrogen (secondary N) is 1. The third-order valence-electron chi connectivity index (χ3n) is 4.63. The summed E-state index contributed by atoms with van der Waals surface area (Å²) in [5, 5.41) is 14.2. The molecule has 116 valence electrons. The van der Waals surface area contributed by atoms with Crippen LogP contribution in [0.3, 0.4) is 0 Å². The van der Waals surface area contributed by atoms with E-state index >= 15 is 0 Å². The molecule has 21 heavy (non-hydrogen) atoms. The number of pyridine rings is 1. The van der Waals surface area contributed by atoms with Gasteiger partial charge >= 0.3 is 0 Å². The summed E-state index contributed by atoms with van der Waals surface area (Å²) in [7, 11) is 0. The highest BCUT2D eigenvalue weighted by molar-refractivity contribution is 5.56. The molecule has 1 aliphatic heterocycles. The molecule has 1 aromatic rings. The number of rotatable bonds is 6. The van der Waals surface area contributed by atoms with Crippen molar-refractivity contribution in [1.29, 1.82) is 0 Å². The molecule has 0 atom stereocenters. The SMILES string of the molecule is CCNc1cc([N+](=O)[O-])cc(N2CCC(CC)(CC)C2)n1. The van der Waals surface area contributed by atoms with Crippen molar-refractivity contribution in [2.24, 2.45) is 5.41 Å². The molecule has 0 aromatic carbocycles. The number of nitro groups is 1. The van der Waals surface area contributed by atoms with Crippen LogP contribution in [0, 0.1) is 15.5 Å². The second kappa shape index (κ2) is 6.28. The molecule has 2 heterocycles. The van der Waals surface area contributed by atoms with Crippen LogP contribution in [0.2, 0.25) is 0 Å². The zero-order valence-electron chi connectivity index (χ0n) is 13.1. The van der Waals surface area contributed by atoms with Crippen molar-refractivity contribution in [3.63, 3.8) is 0 Å².